The molecule has 0 unspecified atom stereocenters. The molecule has 106 valence electrons. The summed E-state index contributed by atoms with van der Waals surface area (Å²) < 4.78 is 1.57. The second-order valence-corrected chi connectivity index (χ2v) is 4.55. The van der Waals surface area contributed by atoms with Gasteiger partial charge in [-0.2, -0.15) is 20.1 Å². The monoisotopic (exact) mass is 301 g/mol. The van der Waals surface area contributed by atoms with Gasteiger partial charge in [0.05, 0.1) is 0 Å². The van der Waals surface area contributed by atoms with Crippen LogP contribution in [0.15, 0.2) is 42.7 Å². The van der Waals surface area contributed by atoms with E-state index < -0.39 is 0 Å². The highest BCUT2D eigenvalue weighted by Gasteiger charge is 2.08. The predicted molar refractivity (Wildman–Crippen MR) is 81.2 cm³/mol. The summed E-state index contributed by atoms with van der Waals surface area (Å²) in [7, 11) is 1.74. The number of aromatic nitrogens is 5. The highest BCUT2D eigenvalue weighted by molar-refractivity contribution is 6.30. The van der Waals surface area contributed by atoms with Crippen molar-refractivity contribution in [2.45, 2.75) is 0 Å². The first-order valence-electron chi connectivity index (χ1n) is 6.21. The SMILES string of the molecule is CNc1nc(Nc2ccc(Cl)cc2)nc(-n2cccn2)n1. The minimum absolute atomic E-state index is 0.419. The first-order valence-corrected chi connectivity index (χ1v) is 6.59. The van der Waals surface area contributed by atoms with Gasteiger partial charge in [-0.25, -0.2) is 4.68 Å². The van der Waals surface area contributed by atoms with Crippen LogP contribution >= 0.6 is 11.6 Å². The van der Waals surface area contributed by atoms with E-state index in [9.17, 15) is 0 Å². The maximum absolute atomic E-state index is 5.86. The molecule has 21 heavy (non-hydrogen) atoms. The molecule has 0 saturated heterocycles. The molecule has 0 aliphatic carbocycles. The molecule has 2 heterocycles. The molecular weight excluding hydrogens is 290 g/mol. The normalized spacial score (nSPS) is 10.4. The van der Waals surface area contributed by atoms with E-state index in [0.29, 0.717) is 22.9 Å². The third-order valence-electron chi connectivity index (χ3n) is 2.66. The van der Waals surface area contributed by atoms with Crippen molar-refractivity contribution in [1.82, 2.24) is 24.7 Å². The van der Waals surface area contributed by atoms with Crippen LogP contribution in [0.3, 0.4) is 0 Å². The van der Waals surface area contributed by atoms with Gasteiger partial charge in [0.1, 0.15) is 0 Å². The highest BCUT2D eigenvalue weighted by Crippen LogP contribution is 2.17. The van der Waals surface area contributed by atoms with E-state index in [0.717, 1.165) is 5.69 Å². The molecule has 0 radical (unpaired) electrons. The highest BCUT2D eigenvalue weighted by atomic mass is 35.5. The van der Waals surface area contributed by atoms with Gasteiger partial charge < -0.3 is 10.6 Å². The van der Waals surface area contributed by atoms with Crippen LogP contribution in [-0.4, -0.2) is 31.8 Å². The molecule has 0 aliphatic heterocycles. The Bertz CT molecular complexity index is 725. The Morgan fingerprint density at radius 3 is 2.48 bits per heavy atom. The Morgan fingerprint density at radius 1 is 1.05 bits per heavy atom. The third-order valence-corrected chi connectivity index (χ3v) is 2.91. The minimum atomic E-state index is 0.419. The zero-order valence-electron chi connectivity index (χ0n) is 11.2. The van der Waals surface area contributed by atoms with Crippen molar-refractivity contribution < 1.29 is 0 Å². The van der Waals surface area contributed by atoms with Crippen molar-refractivity contribution >= 4 is 29.2 Å². The smallest absolute Gasteiger partial charge is 0.257 e. The van der Waals surface area contributed by atoms with Gasteiger partial charge in [0.25, 0.3) is 5.95 Å². The lowest BCUT2D eigenvalue weighted by molar-refractivity contribution is 0.800. The van der Waals surface area contributed by atoms with E-state index in [1.165, 1.54) is 0 Å². The predicted octanol–water partition coefficient (Wildman–Crippen LogP) is 2.50. The zero-order valence-corrected chi connectivity index (χ0v) is 11.9. The Labute approximate surface area is 126 Å². The van der Waals surface area contributed by atoms with Gasteiger partial charge in [0, 0.05) is 30.2 Å². The summed E-state index contributed by atoms with van der Waals surface area (Å²) in [5.41, 5.74) is 0.832. The molecule has 3 rings (SSSR count). The molecule has 0 amide bonds. The van der Waals surface area contributed by atoms with Gasteiger partial charge in [-0.3, -0.25) is 0 Å². The van der Waals surface area contributed by atoms with E-state index in [-0.39, 0.29) is 0 Å². The van der Waals surface area contributed by atoms with E-state index >= 15 is 0 Å². The van der Waals surface area contributed by atoms with Gasteiger partial charge in [0.2, 0.25) is 11.9 Å². The lowest BCUT2D eigenvalue weighted by atomic mass is 10.3. The van der Waals surface area contributed by atoms with Gasteiger partial charge >= 0.3 is 0 Å². The van der Waals surface area contributed by atoms with Crippen LogP contribution in [0.4, 0.5) is 17.6 Å². The second kappa shape index (κ2) is 5.76. The molecule has 3 aromatic rings. The van der Waals surface area contributed by atoms with Crippen molar-refractivity contribution in [3.8, 4) is 5.95 Å². The van der Waals surface area contributed by atoms with Crippen molar-refractivity contribution in [2.24, 2.45) is 0 Å². The van der Waals surface area contributed by atoms with Crippen LogP contribution in [0, 0.1) is 0 Å². The van der Waals surface area contributed by atoms with E-state index in [1.54, 1.807) is 42.3 Å². The molecular formula is C13H12ClN7. The molecule has 2 aromatic heterocycles. The van der Waals surface area contributed by atoms with Crippen LogP contribution in [0.2, 0.25) is 5.02 Å². The quantitative estimate of drug-likeness (QED) is 0.770. The maximum atomic E-state index is 5.86. The average molecular weight is 302 g/mol. The summed E-state index contributed by atoms with van der Waals surface area (Å²) in [6, 6.07) is 9.07. The zero-order chi connectivity index (χ0) is 14.7. The van der Waals surface area contributed by atoms with Crippen molar-refractivity contribution in [1.29, 1.82) is 0 Å². The number of hydrogen-bond acceptors (Lipinski definition) is 6. The Hall–Kier alpha value is -2.67. The molecule has 8 heteroatoms. The van der Waals surface area contributed by atoms with Gasteiger partial charge in [-0.05, 0) is 30.3 Å². The second-order valence-electron chi connectivity index (χ2n) is 4.12. The van der Waals surface area contributed by atoms with Gasteiger partial charge in [0.15, 0.2) is 0 Å². The van der Waals surface area contributed by atoms with Crippen LogP contribution in [-0.2, 0) is 0 Å². The summed E-state index contributed by atoms with van der Waals surface area (Å²) in [6.07, 6.45) is 3.43. The molecule has 0 aliphatic rings. The van der Waals surface area contributed by atoms with Gasteiger partial charge in [-0.15, -0.1) is 0 Å². The van der Waals surface area contributed by atoms with Crippen molar-refractivity contribution in [2.75, 3.05) is 17.7 Å². The molecule has 0 saturated carbocycles. The van der Waals surface area contributed by atoms with Crippen LogP contribution in [0.1, 0.15) is 0 Å². The Kier molecular flexibility index (Phi) is 3.65. The van der Waals surface area contributed by atoms with E-state index in [1.807, 2.05) is 12.1 Å². The first-order chi connectivity index (χ1) is 10.2. The van der Waals surface area contributed by atoms with E-state index in [2.05, 4.69) is 30.7 Å². The van der Waals surface area contributed by atoms with Crippen LogP contribution < -0.4 is 10.6 Å². The number of rotatable bonds is 4. The molecule has 1 aromatic carbocycles. The number of benzene rings is 1. The minimum Gasteiger partial charge on any atom is -0.357 e. The molecule has 0 spiro atoms. The molecule has 0 bridgehead atoms. The average Bonchev–Trinajstić information content (AvgIpc) is 3.04. The number of anilines is 3. The molecule has 2 N–H and O–H groups in total. The third kappa shape index (κ3) is 3.09. The molecule has 7 nitrogen and oxygen atoms in total. The fraction of sp³-hybridized carbons (Fsp3) is 0.0769. The summed E-state index contributed by atoms with van der Waals surface area (Å²) in [4.78, 5) is 12.9. The number of nitrogens with one attached hydrogen (secondary N) is 2. The number of hydrogen-bond donors (Lipinski definition) is 2. The topological polar surface area (TPSA) is 80.5 Å². The number of halogens is 1. The lowest BCUT2D eigenvalue weighted by Crippen LogP contribution is -2.09. The summed E-state index contributed by atoms with van der Waals surface area (Å²) in [5, 5.41) is 10.8. The number of nitrogens with zero attached hydrogens (tertiary/aromatic N) is 5. The van der Waals surface area contributed by atoms with Crippen LogP contribution in [0.5, 0.6) is 0 Å². The van der Waals surface area contributed by atoms with Crippen molar-refractivity contribution in [3.05, 3.63) is 47.7 Å². The van der Waals surface area contributed by atoms with Crippen LogP contribution in [0.25, 0.3) is 5.95 Å². The Morgan fingerprint density at radius 2 is 1.81 bits per heavy atom. The largest absolute Gasteiger partial charge is 0.357 e. The fourth-order valence-electron chi connectivity index (χ4n) is 1.68. The summed E-state index contributed by atoms with van der Waals surface area (Å²) in [6.45, 7) is 0. The Balaban J connectivity index is 1.94. The molecule has 0 fully saturated rings. The van der Waals surface area contributed by atoms with Crippen molar-refractivity contribution in [3.63, 3.8) is 0 Å². The summed E-state index contributed by atoms with van der Waals surface area (Å²) >= 11 is 5.86. The van der Waals surface area contributed by atoms with Gasteiger partial charge in [-0.1, -0.05) is 11.6 Å². The maximum Gasteiger partial charge on any atom is 0.257 e. The van der Waals surface area contributed by atoms with E-state index in [4.69, 9.17) is 11.6 Å². The lowest BCUT2D eigenvalue weighted by Gasteiger charge is -2.08. The standard InChI is InChI=1S/C13H12ClN7/c1-15-11-18-12(17-10-5-3-9(14)4-6-10)20-13(19-11)21-8-2-7-16-21/h2-8H,1H3,(H2,15,17,18,19,20). The summed E-state index contributed by atoms with van der Waals surface area (Å²) in [5.74, 6) is 1.30. The first kappa shape index (κ1) is 13.3. The molecule has 0 atom stereocenters. The fourth-order valence-corrected chi connectivity index (χ4v) is 1.81.